The van der Waals surface area contributed by atoms with E-state index < -0.39 is 57.8 Å². The first-order chi connectivity index (χ1) is 14.8. The minimum Gasteiger partial charge on any atom is -0.429 e. The molecule has 0 aromatic heterocycles. The molecule has 0 saturated heterocycles. The molecule has 0 amide bonds. The van der Waals surface area contributed by atoms with Gasteiger partial charge in [-0.2, -0.15) is 8.78 Å². The Bertz CT molecular complexity index is 1100. The van der Waals surface area contributed by atoms with Crippen LogP contribution in [0.3, 0.4) is 0 Å². The summed E-state index contributed by atoms with van der Waals surface area (Å²) < 4.78 is 128. The number of hydrogen-bond acceptors (Lipinski definition) is 2. The Kier molecular flexibility index (Phi) is 6.23. The highest BCUT2D eigenvalue weighted by molar-refractivity contribution is 6.30. The molecule has 0 aliphatic rings. The summed E-state index contributed by atoms with van der Waals surface area (Å²) in [5.74, 6) is -8.85. The molecule has 170 valence electrons. The van der Waals surface area contributed by atoms with Gasteiger partial charge in [-0.15, -0.1) is 13.2 Å². The SMILES string of the molecule is Fc1cc(-c2ccc(OC(F)(F)c3c(F)cc(Cl)cc3F)cc2)cc(F)c1OC(F)(F)F. The van der Waals surface area contributed by atoms with Gasteiger partial charge in [-0.25, -0.2) is 17.6 Å². The van der Waals surface area contributed by atoms with Gasteiger partial charge in [0.05, 0.1) is 0 Å². The number of halogens is 10. The fraction of sp³-hybridized carbons (Fsp3) is 0.100. The highest BCUT2D eigenvalue weighted by Crippen LogP contribution is 2.37. The maximum absolute atomic E-state index is 14.3. The summed E-state index contributed by atoms with van der Waals surface area (Å²) in [5, 5.41) is -0.449. The summed E-state index contributed by atoms with van der Waals surface area (Å²) in [6.07, 6.45) is -9.77. The van der Waals surface area contributed by atoms with Gasteiger partial charge in [0.25, 0.3) is 0 Å². The van der Waals surface area contributed by atoms with Gasteiger partial charge >= 0.3 is 12.5 Å². The highest BCUT2D eigenvalue weighted by Gasteiger charge is 2.41. The van der Waals surface area contributed by atoms with Gasteiger partial charge in [-0.1, -0.05) is 23.7 Å². The first kappa shape index (κ1) is 23.6. The zero-order valence-corrected chi connectivity index (χ0v) is 16.0. The summed E-state index contributed by atoms with van der Waals surface area (Å²) in [6.45, 7) is 0. The number of ether oxygens (including phenoxy) is 2. The molecule has 0 atom stereocenters. The minimum absolute atomic E-state index is 0.000814. The van der Waals surface area contributed by atoms with E-state index in [0.29, 0.717) is 24.3 Å². The van der Waals surface area contributed by atoms with Crippen LogP contribution in [-0.2, 0) is 6.11 Å². The van der Waals surface area contributed by atoms with Crippen molar-refractivity contribution in [3.63, 3.8) is 0 Å². The van der Waals surface area contributed by atoms with Crippen molar-refractivity contribution in [3.05, 3.63) is 82.4 Å². The van der Waals surface area contributed by atoms with Crippen LogP contribution in [-0.4, -0.2) is 6.36 Å². The second-order valence-corrected chi connectivity index (χ2v) is 6.64. The maximum atomic E-state index is 14.3. The first-order valence-corrected chi connectivity index (χ1v) is 8.72. The van der Waals surface area contributed by atoms with Crippen molar-refractivity contribution >= 4 is 11.6 Å². The molecule has 2 nitrogen and oxygen atoms in total. The Hall–Kier alpha value is -3.08. The third-order valence-corrected chi connectivity index (χ3v) is 4.17. The van der Waals surface area contributed by atoms with E-state index in [9.17, 15) is 39.5 Å². The maximum Gasteiger partial charge on any atom is 0.573 e. The quantitative estimate of drug-likeness (QED) is 0.346. The van der Waals surface area contributed by atoms with Crippen molar-refractivity contribution in [2.75, 3.05) is 0 Å². The Morgan fingerprint density at radius 3 is 1.59 bits per heavy atom. The summed E-state index contributed by atoms with van der Waals surface area (Å²) >= 11 is 5.39. The lowest BCUT2D eigenvalue weighted by atomic mass is 10.0. The van der Waals surface area contributed by atoms with Crippen molar-refractivity contribution in [1.29, 1.82) is 0 Å². The highest BCUT2D eigenvalue weighted by atomic mass is 35.5. The zero-order valence-electron chi connectivity index (χ0n) is 15.2. The first-order valence-electron chi connectivity index (χ1n) is 8.34. The fourth-order valence-electron chi connectivity index (χ4n) is 2.67. The standard InChI is InChI=1S/C20H8ClF9O2/c21-11-7-13(22)17(14(23)8-11)19(26,27)31-12-3-1-9(2-4-12)10-5-15(24)18(16(25)6-10)32-20(28,29)30/h1-8H. The molecular weight excluding hydrogens is 479 g/mol. The van der Waals surface area contributed by atoms with Crippen molar-refractivity contribution in [2.45, 2.75) is 12.5 Å². The van der Waals surface area contributed by atoms with Crippen LogP contribution < -0.4 is 9.47 Å². The molecule has 0 aliphatic carbocycles. The molecule has 3 rings (SSSR count). The van der Waals surface area contributed by atoms with Gasteiger partial charge in [-0.3, -0.25) is 0 Å². The van der Waals surface area contributed by atoms with Gasteiger partial charge in [-0.05, 0) is 47.5 Å². The van der Waals surface area contributed by atoms with Crippen LogP contribution in [0.15, 0.2) is 48.5 Å². The summed E-state index contributed by atoms with van der Waals surface area (Å²) in [7, 11) is 0. The van der Waals surface area contributed by atoms with Crippen molar-refractivity contribution in [1.82, 2.24) is 0 Å². The van der Waals surface area contributed by atoms with Crippen molar-refractivity contribution < 1.29 is 49.0 Å². The van der Waals surface area contributed by atoms with E-state index >= 15 is 0 Å². The Balaban J connectivity index is 1.86. The number of alkyl halides is 5. The number of benzene rings is 3. The van der Waals surface area contributed by atoms with Crippen LogP contribution >= 0.6 is 11.6 Å². The Morgan fingerprint density at radius 1 is 0.625 bits per heavy atom. The largest absolute Gasteiger partial charge is 0.573 e. The van der Waals surface area contributed by atoms with Crippen LogP contribution in [0.1, 0.15) is 5.56 Å². The Morgan fingerprint density at radius 2 is 1.12 bits per heavy atom. The van der Waals surface area contributed by atoms with E-state index in [2.05, 4.69) is 9.47 Å². The summed E-state index contributed by atoms with van der Waals surface area (Å²) in [5.41, 5.74) is -1.93. The van der Waals surface area contributed by atoms with E-state index in [1.807, 2.05) is 0 Å². The van der Waals surface area contributed by atoms with Gasteiger partial charge in [0, 0.05) is 5.02 Å². The molecule has 12 heteroatoms. The lowest BCUT2D eigenvalue weighted by Gasteiger charge is -2.19. The third-order valence-electron chi connectivity index (χ3n) is 3.95. The van der Waals surface area contributed by atoms with Crippen LogP contribution in [0.4, 0.5) is 39.5 Å². The third kappa shape index (κ3) is 5.21. The molecule has 32 heavy (non-hydrogen) atoms. The average Bonchev–Trinajstić information content (AvgIpc) is 2.63. The number of hydrogen-bond donors (Lipinski definition) is 0. The second kappa shape index (κ2) is 8.45. The molecule has 3 aromatic rings. The molecule has 0 bridgehead atoms. The molecule has 0 heterocycles. The predicted molar refractivity (Wildman–Crippen MR) is 94.4 cm³/mol. The average molecular weight is 487 g/mol. The van der Waals surface area contributed by atoms with Gasteiger partial charge in [0.15, 0.2) is 11.6 Å². The molecule has 0 N–H and O–H groups in total. The smallest absolute Gasteiger partial charge is 0.429 e. The van der Waals surface area contributed by atoms with E-state index in [0.717, 1.165) is 24.3 Å². The zero-order chi connectivity index (χ0) is 23.8. The summed E-state index contributed by atoms with van der Waals surface area (Å²) in [6, 6.07) is 5.87. The van der Waals surface area contributed by atoms with E-state index in [1.165, 1.54) is 0 Å². The molecule has 0 radical (unpaired) electrons. The minimum atomic E-state index is -5.32. The monoisotopic (exact) mass is 486 g/mol. The van der Waals surface area contributed by atoms with Crippen molar-refractivity contribution in [3.8, 4) is 22.6 Å². The molecular formula is C20H8ClF9O2. The van der Waals surface area contributed by atoms with E-state index in [4.69, 9.17) is 11.6 Å². The molecule has 0 spiro atoms. The van der Waals surface area contributed by atoms with E-state index in [-0.39, 0.29) is 11.1 Å². The summed E-state index contributed by atoms with van der Waals surface area (Å²) in [4.78, 5) is 0. The van der Waals surface area contributed by atoms with Crippen LogP contribution in [0, 0.1) is 23.3 Å². The molecule has 0 fully saturated rings. The van der Waals surface area contributed by atoms with E-state index in [1.54, 1.807) is 0 Å². The van der Waals surface area contributed by atoms with Crippen LogP contribution in [0.25, 0.3) is 11.1 Å². The molecule has 3 aromatic carbocycles. The topological polar surface area (TPSA) is 18.5 Å². The molecule has 0 saturated carbocycles. The van der Waals surface area contributed by atoms with Gasteiger partial charge < -0.3 is 9.47 Å². The fourth-order valence-corrected chi connectivity index (χ4v) is 2.87. The van der Waals surface area contributed by atoms with Gasteiger partial charge in [0.2, 0.25) is 5.75 Å². The normalized spacial score (nSPS) is 12.1. The van der Waals surface area contributed by atoms with Gasteiger partial charge in [0.1, 0.15) is 22.9 Å². The second-order valence-electron chi connectivity index (χ2n) is 6.20. The van der Waals surface area contributed by atoms with Crippen LogP contribution in [0.5, 0.6) is 11.5 Å². The predicted octanol–water partition coefficient (Wildman–Crippen LogP) is 7.59. The Labute approximate surface area is 178 Å². The lowest BCUT2D eigenvalue weighted by Crippen LogP contribution is -2.25. The van der Waals surface area contributed by atoms with Crippen molar-refractivity contribution in [2.24, 2.45) is 0 Å². The van der Waals surface area contributed by atoms with Crippen LogP contribution in [0.2, 0.25) is 5.02 Å². The molecule has 0 aliphatic heterocycles. The molecule has 0 unspecified atom stereocenters. The number of rotatable bonds is 5. The lowest BCUT2D eigenvalue weighted by molar-refractivity contribution is -0.276.